The summed E-state index contributed by atoms with van der Waals surface area (Å²) in [6, 6.07) is 15.7. The molecule has 1 aliphatic rings. The van der Waals surface area contributed by atoms with Crippen molar-refractivity contribution < 1.29 is 0 Å². The van der Waals surface area contributed by atoms with Crippen LogP contribution in [0.3, 0.4) is 0 Å². The average molecular weight is 294 g/mol. The predicted octanol–water partition coefficient (Wildman–Crippen LogP) is 3.93. The number of piperazine rings is 1. The van der Waals surface area contributed by atoms with Crippen molar-refractivity contribution in [3.05, 3.63) is 64.7 Å². The van der Waals surface area contributed by atoms with Crippen molar-refractivity contribution in [3.8, 4) is 0 Å². The summed E-state index contributed by atoms with van der Waals surface area (Å²) in [6.07, 6.45) is 0. The number of rotatable bonds is 3. The van der Waals surface area contributed by atoms with Gasteiger partial charge in [0.15, 0.2) is 0 Å². The van der Waals surface area contributed by atoms with Crippen LogP contribution in [0.4, 0.5) is 5.69 Å². The molecule has 0 aromatic heterocycles. The van der Waals surface area contributed by atoms with Gasteiger partial charge in [0.25, 0.3) is 0 Å². The average Bonchev–Trinajstić information content (AvgIpc) is 2.52. The van der Waals surface area contributed by atoms with Crippen LogP contribution in [0.15, 0.2) is 42.5 Å². The molecule has 116 valence electrons. The Morgan fingerprint density at radius 3 is 2.05 bits per heavy atom. The Hall–Kier alpha value is -1.80. The molecular weight excluding hydrogens is 268 g/mol. The molecule has 3 rings (SSSR count). The number of benzene rings is 2. The van der Waals surface area contributed by atoms with E-state index in [-0.39, 0.29) is 0 Å². The second kappa shape index (κ2) is 6.53. The molecule has 0 radical (unpaired) electrons. The van der Waals surface area contributed by atoms with Crippen molar-refractivity contribution in [2.75, 3.05) is 31.1 Å². The van der Waals surface area contributed by atoms with E-state index in [1.807, 2.05) is 0 Å². The van der Waals surface area contributed by atoms with Crippen LogP contribution < -0.4 is 4.90 Å². The fourth-order valence-electron chi connectivity index (χ4n) is 3.18. The topological polar surface area (TPSA) is 6.48 Å². The van der Waals surface area contributed by atoms with Gasteiger partial charge < -0.3 is 4.90 Å². The highest BCUT2D eigenvalue weighted by Gasteiger charge is 2.17. The first kappa shape index (κ1) is 15.1. The highest BCUT2D eigenvalue weighted by Crippen LogP contribution is 2.19. The zero-order chi connectivity index (χ0) is 15.5. The second-order valence-electron chi connectivity index (χ2n) is 6.53. The Labute approximate surface area is 134 Å². The number of hydrogen-bond donors (Lipinski definition) is 0. The van der Waals surface area contributed by atoms with E-state index in [9.17, 15) is 0 Å². The highest BCUT2D eigenvalue weighted by atomic mass is 15.3. The minimum absolute atomic E-state index is 1.08. The molecule has 1 heterocycles. The van der Waals surface area contributed by atoms with Gasteiger partial charge in [-0.15, -0.1) is 0 Å². The largest absolute Gasteiger partial charge is 0.369 e. The van der Waals surface area contributed by atoms with Gasteiger partial charge >= 0.3 is 0 Å². The lowest BCUT2D eigenvalue weighted by Crippen LogP contribution is -2.46. The molecule has 0 atom stereocenters. The third-order valence-corrected chi connectivity index (χ3v) is 4.66. The first-order valence-corrected chi connectivity index (χ1v) is 8.22. The summed E-state index contributed by atoms with van der Waals surface area (Å²) in [5, 5.41) is 0. The summed E-state index contributed by atoms with van der Waals surface area (Å²) in [7, 11) is 0. The molecule has 0 saturated carbocycles. The van der Waals surface area contributed by atoms with Gasteiger partial charge in [0.05, 0.1) is 0 Å². The van der Waals surface area contributed by atoms with Crippen LogP contribution in [0.1, 0.15) is 22.3 Å². The van der Waals surface area contributed by atoms with Crippen LogP contribution in [0, 0.1) is 20.8 Å². The normalized spacial score (nSPS) is 16.0. The van der Waals surface area contributed by atoms with Gasteiger partial charge in [-0.05, 0) is 44.0 Å². The van der Waals surface area contributed by atoms with Crippen molar-refractivity contribution in [2.45, 2.75) is 27.3 Å². The van der Waals surface area contributed by atoms with Gasteiger partial charge in [0, 0.05) is 38.4 Å². The maximum atomic E-state index is 2.57. The summed E-state index contributed by atoms with van der Waals surface area (Å²) in [6.45, 7) is 12.1. The van der Waals surface area contributed by atoms with Gasteiger partial charge in [0.1, 0.15) is 0 Å². The molecule has 0 spiro atoms. The van der Waals surface area contributed by atoms with Crippen LogP contribution in [0.2, 0.25) is 0 Å². The number of anilines is 1. The molecule has 1 fully saturated rings. The molecular formula is C20H26N2. The summed E-state index contributed by atoms with van der Waals surface area (Å²) in [5.74, 6) is 0. The third kappa shape index (κ3) is 3.50. The maximum absolute atomic E-state index is 2.57. The van der Waals surface area contributed by atoms with E-state index in [1.54, 1.807) is 0 Å². The summed E-state index contributed by atoms with van der Waals surface area (Å²) in [4.78, 5) is 5.07. The Morgan fingerprint density at radius 2 is 1.41 bits per heavy atom. The highest BCUT2D eigenvalue weighted by molar-refractivity contribution is 5.47. The zero-order valence-corrected chi connectivity index (χ0v) is 14.0. The van der Waals surface area contributed by atoms with E-state index in [4.69, 9.17) is 0 Å². The SMILES string of the molecule is Cc1ccc(N2CCN(Cc3ccc(C)cc3C)CC2)cc1. The Balaban J connectivity index is 1.58. The fourth-order valence-corrected chi connectivity index (χ4v) is 3.18. The lowest BCUT2D eigenvalue weighted by molar-refractivity contribution is 0.249. The predicted molar refractivity (Wildman–Crippen MR) is 94.6 cm³/mol. The van der Waals surface area contributed by atoms with Crippen LogP contribution in [-0.4, -0.2) is 31.1 Å². The van der Waals surface area contributed by atoms with Gasteiger partial charge in [0.2, 0.25) is 0 Å². The molecule has 2 aromatic carbocycles. The first-order valence-electron chi connectivity index (χ1n) is 8.22. The van der Waals surface area contributed by atoms with Crippen LogP contribution in [0.25, 0.3) is 0 Å². The lowest BCUT2D eigenvalue weighted by atomic mass is 10.0. The summed E-state index contributed by atoms with van der Waals surface area (Å²) in [5.41, 5.74) is 6.93. The van der Waals surface area contributed by atoms with E-state index >= 15 is 0 Å². The molecule has 1 saturated heterocycles. The van der Waals surface area contributed by atoms with Gasteiger partial charge in [-0.1, -0.05) is 41.5 Å². The molecule has 2 nitrogen and oxygen atoms in total. The Bertz CT molecular complexity index is 623. The van der Waals surface area contributed by atoms with Gasteiger partial charge in [-0.25, -0.2) is 0 Å². The monoisotopic (exact) mass is 294 g/mol. The third-order valence-electron chi connectivity index (χ3n) is 4.66. The van der Waals surface area contributed by atoms with E-state index in [0.29, 0.717) is 0 Å². The molecule has 0 aliphatic carbocycles. The summed E-state index contributed by atoms with van der Waals surface area (Å²) < 4.78 is 0. The minimum atomic E-state index is 1.08. The van der Waals surface area contributed by atoms with Crippen LogP contribution in [-0.2, 0) is 6.54 Å². The molecule has 2 heteroatoms. The van der Waals surface area contributed by atoms with Crippen molar-refractivity contribution >= 4 is 5.69 Å². The minimum Gasteiger partial charge on any atom is -0.369 e. The van der Waals surface area contributed by atoms with Crippen LogP contribution in [0.5, 0.6) is 0 Å². The summed E-state index contributed by atoms with van der Waals surface area (Å²) >= 11 is 0. The van der Waals surface area contributed by atoms with Crippen LogP contribution >= 0.6 is 0 Å². The van der Waals surface area contributed by atoms with E-state index in [1.165, 1.54) is 27.9 Å². The van der Waals surface area contributed by atoms with E-state index in [2.05, 4.69) is 73.0 Å². The number of nitrogens with zero attached hydrogens (tertiary/aromatic N) is 2. The maximum Gasteiger partial charge on any atom is 0.0367 e. The van der Waals surface area contributed by atoms with Crippen molar-refractivity contribution in [3.63, 3.8) is 0 Å². The Kier molecular flexibility index (Phi) is 4.49. The second-order valence-corrected chi connectivity index (χ2v) is 6.53. The molecule has 0 amide bonds. The Morgan fingerprint density at radius 1 is 0.773 bits per heavy atom. The zero-order valence-electron chi connectivity index (χ0n) is 14.0. The molecule has 0 bridgehead atoms. The van der Waals surface area contributed by atoms with Crippen molar-refractivity contribution in [1.29, 1.82) is 0 Å². The molecule has 1 aliphatic heterocycles. The quantitative estimate of drug-likeness (QED) is 0.846. The molecule has 0 N–H and O–H groups in total. The number of aryl methyl sites for hydroxylation is 3. The van der Waals surface area contributed by atoms with Crippen molar-refractivity contribution in [2.24, 2.45) is 0 Å². The smallest absolute Gasteiger partial charge is 0.0367 e. The molecule has 2 aromatic rings. The van der Waals surface area contributed by atoms with E-state index < -0.39 is 0 Å². The fraction of sp³-hybridized carbons (Fsp3) is 0.400. The lowest BCUT2D eigenvalue weighted by Gasteiger charge is -2.36. The first-order chi connectivity index (χ1) is 10.6. The molecule has 0 unspecified atom stereocenters. The molecule has 22 heavy (non-hydrogen) atoms. The standard InChI is InChI=1S/C20H26N2/c1-16-5-8-20(9-6-16)22-12-10-21(11-13-22)15-19-7-4-17(2)14-18(19)3/h4-9,14H,10-13,15H2,1-3H3. The van der Waals surface area contributed by atoms with Gasteiger partial charge in [-0.3, -0.25) is 4.90 Å². The van der Waals surface area contributed by atoms with Crippen molar-refractivity contribution in [1.82, 2.24) is 4.90 Å². The van der Waals surface area contributed by atoms with Gasteiger partial charge in [-0.2, -0.15) is 0 Å². The van der Waals surface area contributed by atoms with E-state index in [0.717, 1.165) is 32.7 Å². The number of hydrogen-bond acceptors (Lipinski definition) is 2.